The number of aryl methyl sites for hydroxylation is 1. The first-order valence-electron chi connectivity index (χ1n) is 7.28. The predicted molar refractivity (Wildman–Crippen MR) is 78.4 cm³/mol. The van der Waals surface area contributed by atoms with Crippen LogP contribution in [0.2, 0.25) is 0 Å². The van der Waals surface area contributed by atoms with Crippen molar-refractivity contribution < 1.29 is 21.6 Å². The Morgan fingerprint density at radius 3 is 2.48 bits per heavy atom. The van der Waals surface area contributed by atoms with Crippen LogP contribution in [0, 0.1) is 12.8 Å². The van der Waals surface area contributed by atoms with E-state index in [1.807, 2.05) is 0 Å². The summed E-state index contributed by atoms with van der Waals surface area (Å²) in [7, 11) is -2.11. The normalized spacial score (nSPS) is 22.3. The summed E-state index contributed by atoms with van der Waals surface area (Å²) in [4.78, 5) is 1.37. The molecule has 1 fully saturated rings. The van der Waals surface area contributed by atoms with E-state index in [1.165, 1.54) is 20.1 Å². The first kappa shape index (κ1) is 18.2. The lowest BCUT2D eigenvalue weighted by atomic mass is 10.2. The number of nitrogens with zero attached hydrogens (tertiary/aromatic N) is 4. The number of hydrogen-bond acceptors (Lipinski definition) is 4. The average Bonchev–Trinajstić information content (AvgIpc) is 2.62. The fourth-order valence-corrected chi connectivity index (χ4v) is 4.50. The van der Waals surface area contributed by atoms with Gasteiger partial charge in [-0.2, -0.15) is 22.6 Å². The number of aromatic nitrogens is 2. The second-order valence-electron chi connectivity index (χ2n) is 6.04. The molecule has 2 rings (SSSR count). The van der Waals surface area contributed by atoms with Gasteiger partial charge in [0.25, 0.3) is 0 Å². The third kappa shape index (κ3) is 4.24. The van der Waals surface area contributed by atoms with Crippen molar-refractivity contribution in [3.63, 3.8) is 0 Å². The molecule has 0 aliphatic carbocycles. The van der Waals surface area contributed by atoms with Crippen LogP contribution in [0.1, 0.15) is 12.6 Å². The fourth-order valence-electron chi connectivity index (χ4n) is 2.77. The molecule has 1 unspecified atom stereocenters. The van der Waals surface area contributed by atoms with Crippen LogP contribution >= 0.6 is 0 Å². The number of halogens is 3. The number of sulfonamides is 1. The van der Waals surface area contributed by atoms with Crippen LogP contribution in [0.4, 0.5) is 13.2 Å². The van der Waals surface area contributed by atoms with E-state index in [0.29, 0.717) is 5.69 Å². The van der Waals surface area contributed by atoms with E-state index in [0.717, 1.165) is 0 Å². The van der Waals surface area contributed by atoms with E-state index < -0.39 is 22.7 Å². The van der Waals surface area contributed by atoms with Crippen molar-refractivity contribution >= 4 is 10.0 Å². The van der Waals surface area contributed by atoms with Crippen LogP contribution in [-0.2, 0) is 17.1 Å². The first-order chi connectivity index (χ1) is 10.5. The van der Waals surface area contributed by atoms with Crippen molar-refractivity contribution in [2.75, 3.05) is 32.7 Å². The Kier molecular flexibility index (Phi) is 5.07. The zero-order valence-corrected chi connectivity index (χ0v) is 14.2. The Balaban J connectivity index is 2.19. The molecule has 0 saturated carbocycles. The lowest BCUT2D eigenvalue weighted by Crippen LogP contribution is -2.38. The molecular weight excluding hydrogens is 333 g/mol. The molecule has 0 spiro atoms. The van der Waals surface area contributed by atoms with Gasteiger partial charge in [-0.3, -0.25) is 9.58 Å². The molecule has 1 aliphatic heterocycles. The quantitative estimate of drug-likeness (QED) is 0.819. The third-order valence-corrected chi connectivity index (χ3v) is 5.93. The Labute approximate surface area is 133 Å². The topological polar surface area (TPSA) is 58.4 Å². The van der Waals surface area contributed by atoms with Crippen molar-refractivity contribution in [1.82, 2.24) is 19.0 Å². The molecule has 2 heterocycles. The van der Waals surface area contributed by atoms with E-state index >= 15 is 0 Å². The number of hydrogen-bond donors (Lipinski definition) is 0. The van der Waals surface area contributed by atoms with Crippen molar-refractivity contribution in [1.29, 1.82) is 0 Å². The zero-order valence-electron chi connectivity index (χ0n) is 13.3. The molecule has 0 amide bonds. The summed E-state index contributed by atoms with van der Waals surface area (Å²) < 4.78 is 65.9. The summed E-state index contributed by atoms with van der Waals surface area (Å²) in [5, 5.41) is 3.93. The molecule has 23 heavy (non-hydrogen) atoms. The SMILES string of the molecule is Cc1c(S(=O)(=O)N2CCN(CC(F)(F)F)CC(C)C2)cnn1C. The highest BCUT2D eigenvalue weighted by atomic mass is 32.2. The molecule has 0 N–H and O–H groups in total. The molecule has 1 saturated heterocycles. The second kappa shape index (κ2) is 6.40. The van der Waals surface area contributed by atoms with Crippen molar-refractivity contribution in [3.8, 4) is 0 Å². The Morgan fingerprint density at radius 1 is 1.30 bits per heavy atom. The molecule has 1 aliphatic rings. The smallest absolute Gasteiger partial charge is 0.293 e. The number of rotatable bonds is 3. The summed E-state index contributed by atoms with van der Waals surface area (Å²) in [6, 6.07) is 0. The highest BCUT2D eigenvalue weighted by Crippen LogP contribution is 2.23. The van der Waals surface area contributed by atoms with Crippen LogP contribution in [-0.4, -0.2) is 66.3 Å². The van der Waals surface area contributed by atoms with Gasteiger partial charge in [-0.25, -0.2) is 8.42 Å². The van der Waals surface area contributed by atoms with Gasteiger partial charge in [0, 0.05) is 33.2 Å². The van der Waals surface area contributed by atoms with Gasteiger partial charge in [0.05, 0.1) is 18.4 Å². The van der Waals surface area contributed by atoms with Gasteiger partial charge in [-0.05, 0) is 12.8 Å². The maximum absolute atomic E-state index is 12.7. The lowest BCUT2D eigenvalue weighted by Gasteiger charge is -2.22. The lowest BCUT2D eigenvalue weighted by molar-refractivity contribution is -0.146. The van der Waals surface area contributed by atoms with Crippen LogP contribution < -0.4 is 0 Å². The van der Waals surface area contributed by atoms with Crippen LogP contribution in [0.25, 0.3) is 0 Å². The first-order valence-corrected chi connectivity index (χ1v) is 8.72. The van der Waals surface area contributed by atoms with Crippen LogP contribution in [0.3, 0.4) is 0 Å². The van der Waals surface area contributed by atoms with Gasteiger partial charge in [0.2, 0.25) is 10.0 Å². The predicted octanol–water partition coefficient (Wildman–Crippen LogP) is 1.23. The minimum absolute atomic E-state index is 0.0388. The van der Waals surface area contributed by atoms with E-state index in [-0.39, 0.29) is 37.0 Å². The highest BCUT2D eigenvalue weighted by Gasteiger charge is 2.36. The van der Waals surface area contributed by atoms with E-state index in [4.69, 9.17) is 0 Å². The summed E-state index contributed by atoms with van der Waals surface area (Å²) in [6.45, 7) is 2.91. The molecule has 6 nitrogen and oxygen atoms in total. The Morgan fingerprint density at radius 2 is 1.96 bits per heavy atom. The second-order valence-corrected chi connectivity index (χ2v) is 7.94. The maximum Gasteiger partial charge on any atom is 0.401 e. The van der Waals surface area contributed by atoms with Gasteiger partial charge in [-0.1, -0.05) is 6.92 Å². The fraction of sp³-hybridized carbons (Fsp3) is 0.769. The molecule has 0 radical (unpaired) electrons. The van der Waals surface area contributed by atoms with Crippen molar-refractivity contribution in [3.05, 3.63) is 11.9 Å². The standard InChI is InChI=1S/C13H21F3N4O2S/c1-10-7-19(9-13(14,15)16)4-5-20(8-10)23(21,22)12-6-17-18(3)11(12)2/h6,10H,4-5,7-9H2,1-3H3. The molecule has 10 heteroatoms. The summed E-state index contributed by atoms with van der Waals surface area (Å²) in [5.41, 5.74) is 0.508. The third-order valence-electron chi connectivity index (χ3n) is 3.96. The van der Waals surface area contributed by atoms with Gasteiger partial charge >= 0.3 is 6.18 Å². The molecule has 0 aromatic carbocycles. The summed E-state index contributed by atoms with van der Waals surface area (Å²) in [5.74, 6) is -0.188. The summed E-state index contributed by atoms with van der Waals surface area (Å²) in [6.07, 6.45) is -3.00. The minimum Gasteiger partial charge on any atom is -0.293 e. The van der Waals surface area contributed by atoms with E-state index in [9.17, 15) is 21.6 Å². The van der Waals surface area contributed by atoms with Gasteiger partial charge in [0.15, 0.2) is 0 Å². The number of alkyl halides is 3. The average molecular weight is 354 g/mol. The van der Waals surface area contributed by atoms with Gasteiger partial charge in [0.1, 0.15) is 4.90 Å². The van der Waals surface area contributed by atoms with Gasteiger partial charge in [-0.15, -0.1) is 0 Å². The molecule has 1 atom stereocenters. The Bertz CT molecular complexity index is 657. The van der Waals surface area contributed by atoms with Crippen LogP contribution in [0.15, 0.2) is 11.1 Å². The monoisotopic (exact) mass is 354 g/mol. The summed E-state index contributed by atoms with van der Waals surface area (Å²) >= 11 is 0. The molecule has 132 valence electrons. The van der Waals surface area contributed by atoms with E-state index in [1.54, 1.807) is 20.9 Å². The maximum atomic E-state index is 12.7. The van der Waals surface area contributed by atoms with E-state index in [2.05, 4.69) is 5.10 Å². The van der Waals surface area contributed by atoms with Gasteiger partial charge < -0.3 is 0 Å². The highest BCUT2D eigenvalue weighted by molar-refractivity contribution is 7.89. The minimum atomic E-state index is -4.28. The molecule has 1 aromatic heterocycles. The van der Waals surface area contributed by atoms with Crippen molar-refractivity contribution in [2.24, 2.45) is 13.0 Å². The van der Waals surface area contributed by atoms with Crippen molar-refractivity contribution in [2.45, 2.75) is 24.9 Å². The zero-order chi connectivity index (χ0) is 17.4. The molecular formula is C13H21F3N4O2S. The Hall–Kier alpha value is -1.13. The molecule has 0 bridgehead atoms. The van der Waals surface area contributed by atoms with Crippen LogP contribution in [0.5, 0.6) is 0 Å². The molecule has 1 aromatic rings. The largest absolute Gasteiger partial charge is 0.401 e.